The van der Waals surface area contributed by atoms with Crippen molar-refractivity contribution in [2.75, 3.05) is 6.54 Å². The lowest BCUT2D eigenvalue weighted by Gasteiger charge is -2.17. The normalized spacial score (nSPS) is 12.3. The minimum atomic E-state index is 0.463. The summed E-state index contributed by atoms with van der Waals surface area (Å²) >= 11 is 0. The van der Waals surface area contributed by atoms with Gasteiger partial charge in [-0.05, 0) is 43.0 Å². The molecular weight excluding hydrogens is 230 g/mol. The Kier molecular flexibility index (Phi) is 5.17. The molecule has 1 unspecified atom stereocenters. The van der Waals surface area contributed by atoms with Crippen molar-refractivity contribution in [3.8, 4) is 0 Å². The number of hydrogen-bond donors (Lipinski definition) is 1. The smallest absolute Gasteiger partial charge is 0.0317 e. The van der Waals surface area contributed by atoms with Gasteiger partial charge in [0.2, 0.25) is 0 Å². The van der Waals surface area contributed by atoms with Crippen LogP contribution in [0.5, 0.6) is 0 Å². The minimum Gasteiger partial charge on any atom is -0.310 e. The van der Waals surface area contributed by atoms with E-state index >= 15 is 0 Å². The zero-order valence-electron chi connectivity index (χ0n) is 11.9. The Balaban J connectivity index is 1.89. The summed E-state index contributed by atoms with van der Waals surface area (Å²) in [6.45, 7) is 5.44. The minimum absolute atomic E-state index is 0.463. The molecule has 0 saturated heterocycles. The number of rotatable bonds is 6. The molecule has 0 bridgehead atoms. The fourth-order valence-corrected chi connectivity index (χ4v) is 2.45. The third-order valence-corrected chi connectivity index (χ3v) is 3.66. The Morgan fingerprint density at radius 1 is 0.947 bits per heavy atom. The lowest BCUT2D eigenvalue weighted by Crippen LogP contribution is -2.23. The summed E-state index contributed by atoms with van der Waals surface area (Å²) in [4.78, 5) is 0. The van der Waals surface area contributed by atoms with Crippen LogP contribution in [0.3, 0.4) is 0 Å². The highest BCUT2D eigenvalue weighted by molar-refractivity contribution is 5.26. The molecule has 0 radical (unpaired) electrons. The molecule has 1 N–H and O–H groups in total. The van der Waals surface area contributed by atoms with E-state index in [1.54, 1.807) is 0 Å². The zero-order chi connectivity index (χ0) is 13.5. The van der Waals surface area contributed by atoms with Crippen molar-refractivity contribution in [3.05, 3.63) is 71.3 Å². The Hall–Kier alpha value is -1.60. The van der Waals surface area contributed by atoms with Gasteiger partial charge in [0.1, 0.15) is 0 Å². The summed E-state index contributed by atoms with van der Waals surface area (Å²) in [5.41, 5.74) is 4.21. The molecule has 2 rings (SSSR count). The Morgan fingerprint density at radius 3 is 2.32 bits per heavy atom. The molecule has 0 aromatic heterocycles. The summed E-state index contributed by atoms with van der Waals surface area (Å²) in [6.07, 6.45) is 2.22. The van der Waals surface area contributed by atoms with Gasteiger partial charge < -0.3 is 5.32 Å². The summed E-state index contributed by atoms with van der Waals surface area (Å²) in [5, 5.41) is 3.66. The van der Waals surface area contributed by atoms with Crippen LogP contribution in [0.1, 0.15) is 36.1 Å². The van der Waals surface area contributed by atoms with Crippen LogP contribution in [0.25, 0.3) is 0 Å². The first-order valence-corrected chi connectivity index (χ1v) is 7.14. The monoisotopic (exact) mass is 253 g/mol. The molecule has 0 saturated carbocycles. The lowest BCUT2D eigenvalue weighted by atomic mass is 10.0. The molecule has 0 fully saturated rings. The van der Waals surface area contributed by atoms with Gasteiger partial charge in [-0.15, -0.1) is 0 Å². The lowest BCUT2D eigenvalue weighted by molar-refractivity contribution is 0.522. The maximum Gasteiger partial charge on any atom is 0.0317 e. The number of hydrogen-bond acceptors (Lipinski definition) is 1. The van der Waals surface area contributed by atoms with Gasteiger partial charge in [-0.1, -0.05) is 61.5 Å². The van der Waals surface area contributed by atoms with Crippen LogP contribution in [0.2, 0.25) is 0 Å². The van der Waals surface area contributed by atoms with E-state index in [0.29, 0.717) is 6.04 Å². The molecule has 1 nitrogen and oxygen atoms in total. The number of benzene rings is 2. The molecule has 2 aromatic carbocycles. The van der Waals surface area contributed by atoms with Crippen LogP contribution in [0.15, 0.2) is 54.6 Å². The molecule has 0 aliphatic carbocycles. The van der Waals surface area contributed by atoms with Gasteiger partial charge in [-0.2, -0.15) is 0 Å². The summed E-state index contributed by atoms with van der Waals surface area (Å²) in [5.74, 6) is 0. The van der Waals surface area contributed by atoms with Crippen LogP contribution >= 0.6 is 0 Å². The molecule has 1 heteroatoms. The predicted octanol–water partition coefficient (Wildman–Crippen LogP) is 4.28. The molecule has 0 aliphatic heterocycles. The van der Waals surface area contributed by atoms with Crippen LogP contribution in [0, 0.1) is 6.92 Å². The van der Waals surface area contributed by atoms with Gasteiger partial charge in [0, 0.05) is 6.04 Å². The van der Waals surface area contributed by atoms with Crippen LogP contribution < -0.4 is 5.32 Å². The van der Waals surface area contributed by atoms with Gasteiger partial charge in [0.25, 0.3) is 0 Å². The molecule has 100 valence electrons. The highest BCUT2D eigenvalue weighted by Gasteiger charge is 2.07. The highest BCUT2D eigenvalue weighted by Crippen LogP contribution is 2.16. The van der Waals surface area contributed by atoms with E-state index in [1.807, 2.05) is 0 Å². The summed E-state index contributed by atoms with van der Waals surface area (Å²) in [7, 11) is 0. The van der Waals surface area contributed by atoms with E-state index in [0.717, 1.165) is 19.4 Å². The van der Waals surface area contributed by atoms with Crippen LogP contribution in [0.4, 0.5) is 0 Å². The fourth-order valence-electron chi connectivity index (χ4n) is 2.45. The Bertz CT molecular complexity index is 490. The Morgan fingerprint density at radius 2 is 1.63 bits per heavy atom. The van der Waals surface area contributed by atoms with E-state index in [2.05, 4.69) is 73.8 Å². The van der Waals surface area contributed by atoms with Crippen molar-refractivity contribution in [2.45, 2.75) is 32.7 Å². The first-order valence-electron chi connectivity index (χ1n) is 7.14. The van der Waals surface area contributed by atoms with E-state index in [1.165, 1.54) is 16.7 Å². The third-order valence-electron chi connectivity index (χ3n) is 3.66. The molecule has 0 spiro atoms. The van der Waals surface area contributed by atoms with Gasteiger partial charge in [-0.3, -0.25) is 0 Å². The average Bonchev–Trinajstić information content (AvgIpc) is 2.46. The number of aryl methyl sites for hydroxylation is 1. The average molecular weight is 253 g/mol. The molecule has 0 amide bonds. The molecule has 19 heavy (non-hydrogen) atoms. The van der Waals surface area contributed by atoms with Gasteiger partial charge in [0.15, 0.2) is 0 Å². The quantitative estimate of drug-likeness (QED) is 0.810. The molecule has 0 aliphatic rings. The van der Waals surface area contributed by atoms with Crippen molar-refractivity contribution < 1.29 is 0 Å². The zero-order valence-corrected chi connectivity index (χ0v) is 11.9. The topological polar surface area (TPSA) is 12.0 Å². The van der Waals surface area contributed by atoms with E-state index in [4.69, 9.17) is 0 Å². The molecule has 2 aromatic rings. The fraction of sp³-hybridized carbons (Fsp3) is 0.333. The standard InChI is InChI=1S/C18H23N/c1-3-18(17-11-5-4-6-12-17)19-14-13-16-10-8-7-9-15(16)2/h4-12,18-19H,3,13-14H2,1-2H3. The number of nitrogens with one attached hydrogen (secondary N) is 1. The van der Waals surface area contributed by atoms with Crippen LogP contribution in [-0.4, -0.2) is 6.54 Å². The summed E-state index contributed by atoms with van der Waals surface area (Å²) < 4.78 is 0. The van der Waals surface area contributed by atoms with E-state index < -0.39 is 0 Å². The second-order valence-corrected chi connectivity index (χ2v) is 5.00. The van der Waals surface area contributed by atoms with E-state index in [9.17, 15) is 0 Å². The van der Waals surface area contributed by atoms with Crippen molar-refractivity contribution in [1.29, 1.82) is 0 Å². The maximum atomic E-state index is 3.66. The van der Waals surface area contributed by atoms with Crippen molar-refractivity contribution >= 4 is 0 Å². The van der Waals surface area contributed by atoms with E-state index in [-0.39, 0.29) is 0 Å². The summed E-state index contributed by atoms with van der Waals surface area (Å²) in [6, 6.07) is 19.8. The second-order valence-electron chi connectivity index (χ2n) is 5.00. The van der Waals surface area contributed by atoms with Crippen LogP contribution in [-0.2, 0) is 6.42 Å². The molecule has 1 atom stereocenters. The van der Waals surface area contributed by atoms with Gasteiger partial charge >= 0.3 is 0 Å². The largest absolute Gasteiger partial charge is 0.310 e. The SMILES string of the molecule is CCC(NCCc1ccccc1C)c1ccccc1. The third kappa shape index (κ3) is 3.93. The van der Waals surface area contributed by atoms with Gasteiger partial charge in [-0.25, -0.2) is 0 Å². The molecular formula is C18H23N. The van der Waals surface area contributed by atoms with Crippen molar-refractivity contribution in [1.82, 2.24) is 5.32 Å². The Labute approximate surface area is 116 Å². The predicted molar refractivity (Wildman–Crippen MR) is 82.4 cm³/mol. The van der Waals surface area contributed by atoms with Crippen molar-refractivity contribution in [3.63, 3.8) is 0 Å². The van der Waals surface area contributed by atoms with Gasteiger partial charge in [0.05, 0.1) is 0 Å². The first kappa shape index (κ1) is 13.8. The maximum absolute atomic E-state index is 3.66. The molecule has 0 heterocycles. The first-order chi connectivity index (χ1) is 9.31. The highest BCUT2D eigenvalue weighted by atomic mass is 14.9. The van der Waals surface area contributed by atoms with Crippen molar-refractivity contribution in [2.24, 2.45) is 0 Å². The second kappa shape index (κ2) is 7.10.